The van der Waals surface area contributed by atoms with Gasteiger partial charge in [-0.3, -0.25) is 4.99 Å². The Kier molecular flexibility index (Phi) is 7.68. The molecule has 0 atom stereocenters. The molecule has 2 aromatic carbocycles. The molecule has 1 heterocycles. The summed E-state index contributed by atoms with van der Waals surface area (Å²) in [6.07, 6.45) is 2.35. The second-order valence-electron chi connectivity index (χ2n) is 6.39. The van der Waals surface area contributed by atoms with Gasteiger partial charge in [0.1, 0.15) is 5.82 Å². The molecule has 0 amide bonds. The number of hydrogen-bond acceptors (Lipinski definition) is 2. The molecule has 0 bridgehead atoms. The first-order valence-corrected chi connectivity index (χ1v) is 8.67. The third-order valence-electron chi connectivity index (χ3n) is 4.55. The summed E-state index contributed by atoms with van der Waals surface area (Å²) in [5.41, 5.74) is 5.02. The van der Waals surface area contributed by atoms with Gasteiger partial charge in [-0.15, -0.1) is 24.0 Å². The SMILES string of the molecule is CN=C(NCc1ccc(F)cc1)NCc1ccc2c(c1)CCCN2C.I. The maximum absolute atomic E-state index is 12.9. The van der Waals surface area contributed by atoms with E-state index in [1.54, 1.807) is 19.2 Å². The molecule has 0 radical (unpaired) electrons. The van der Waals surface area contributed by atoms with E-state index in [0.29, 0.717) is 6.54 Å². The minimum Gasteiger partial charge on any atom is -0.374 e. The molecule has 3 rings (SSSR count). The number of nitrogens with zero attached hydrogens (tertiary/aromatic N) is 2. The van der Waals surface area contributed by atoms with Crippen LogP contribution in [0.3, 0.4) is 0 Å². The van der Waals surface area contributed by atoms with E-state index in [1.807, 2.05) is 0 Å². The van der Waals surface area contributed by atoms with Crippen LogP contribution in [0.1, 0.15) is 23.1 Å². The molecule has 2 aromatic rings. The van der Waals surface area contributed by atoms with Gasteiger partial charge in [0.05, 0.1) is 0 Å². The highest BCUT2D eigenvalue weighted by Crippen LogP contribution is 2.26. The van der Waals surface area contributed by atoms with E-state index < -0.39 is 0 Å². The molecule has 1 aliphatic rings. The standard InChI is InChI=1S/C20H25FN4.HI/c1-22-20(23-13-15-5-8-18(21)9-6-15)24-14-16-7-10-19-17(12-16)4-3-11-25(19)2;/h5-10,12H,3-4,11,13-14H2,1-2H3,(H2,22,23,24);1H. The van der Waals surface area contributed by atoms with Crippen LogP contribution in [0.2, 0.25) is 0 Å². The third-order valence-corrected chi connectivity index (χ3v) is 4.55. The Morgan fingerprint density at radius 3 is 2.42 bits per heavy atom. The van der Waals surface area contributed by atoms with Gasteiger partial charge in [-0.1, -0.05) is 24.3 Å². The molecule has 0 unspecified atom stereocenters. The highest BCUT2D eigenvalue weighted by molar-refractivity contribution is 14.0. The Bertz CT molecular complexity index is 746. The number of anilines is 1. The molecule has 4 nitrogen and oxygen atoms in total. The second kappa shape index (κ2) is 9.75. The quantitative estimate of drug-likeness (QED) is 0.409. The van der Waals surface area contributed by atoms with E-state index in [1.165, 1.54) is 35.4 Å². The molecule has 0 fully saturated rings. The highest BCUT2D eigenvalue weighted by atomic mass is 127. The number of hydrogen-bond donors (Lipinski definition) is 2. The maximum Gasteiger partial charge on any atom is 0.191 e. The van der Waals surface area contributed by atoms with Gasteiger partial charge in [-0.25, -0.2) is 4.39 Å². The molecule has 0 saturated heterocycles. The van der Waals surface area contributed by atoms with Gasteiger partial charge >= 0.3 is 0 Å². The highest BCUT2D eigenvalue weighted by Gasteiger charge is 2.13. The summed E-state index contributed by atoms with van der Waals surface area (Å²) >= 11 is 0. The van der Waals surface area contributed by atoms with Gasteiger partial charge < -0.3 is 15.5 Å². The Hall–Kier alpha value is -1.83. The van der Waals surface area contributed by atoms with Crippen molar-refractivity contribution in [2.45, 2.75) is 25.9 Å². The first kappa shape index (κ1) is 20.5. The first-order valence-electron chi connectivity index (χ1n) is 8.67. The summed E-state index contributed by atoms with van der Waals surface area (Å²) < 4.78 is 12.9. The average Bonchev–Trinajstić information content (AvgIpc) is 2.63. The lowest BCUT2D eigenvalue weighted by Gasteiger charge is -2.28. The Morgan fingerprint density at radius 2 is 1.73 bits per heavy atom. The van der Waals surface area contributed by atoms with Crippen molar-refractivity contribution in [1.82, 2.24) is 10.6 Å². The fourth-order valence-electron chi connectivity index (χ4n) is 3.14. The minimum absolute atomic E-state index is 0. The molecule has 0 aromatic heterocycles. The normalized spacial score (nSPS) is 13.7. The van der Waals surface area contributed by atoms with Crippen molar-refractivity contribution in [1.29, 1.82) is 0 Å². The van der Waals surface area contributed by atoms with E-state index in [-0.39, 0.29) is 29.8 Å². The minimum atomic E-state index is -0.218. The van der Waals surface area contributed by atoms with Crippen LogP contribution in [0, 0.1) is 5.82 Å². The molecule has 1 aliphatic heterocycles. The Morgan fingerprint density at radius 1 is 1.08 bits per heavy atom. The van der Waals surface area contributed by atoms with Crippen molar-refractivity contribution in [3.63, 3.8) is 0 Å². The van der Waals surface area contributed by atoms with E-state index in [2.05, 4.69) is 45.8 Å². The Labute approximate surface area is 171 Å². The zero-order chi connectivity index (χ0) is 17.6. The van der Waals surface area contributed by atoms with Crippen molar-refractivity contribution in [2.75, 3.05) is 25.5 Å². The summed E-state index contributed by atoms with van der Waals surface area (Å²) in [6.45, 7) is 2.46. The largest absolute Gasteiger partial charge is 0.374 e. The van der Waals surface area contributed by atoms with Gasteiger partial charge in [0, 0.05) is 39.4 Å². The number of rotatable bonds is 4. The number of aliphatic imine (C=N–C) groups is 1. The molecule has 0 spiro atoms. The lowest BCUT2D eigenvalue weighted by Crippen LogP contribution is -2.36. The van der Waals surface area contributed by atoms with E-state index >= 15 is 0 Å². The number of aryl methyl sites for hydroxylation is 1. The van der Waals surface area contributed by atoms with Crippen LogP contribution < -0.4 is 15.5 Å². The van der Waals surface area contributed by atoms with Crippen LogP contribution in [-0.4, -0.2) is 26.6 Å². The van der Waals surface area contributed by atoms with Gasteiger partial charge in [-0.2, -0.15) is 0 Å². The summed E-state index contributed by atoms with van der Waals surface area (Å²) in [5, 5.41) is 6.59. The lowest BCUT2D eigenvalue weighted by molar-refractivity contribution is 0.626. The van der Waals surface area contributed by atoms with Gasteiger partial charge in [0.2, 0.25) is 0 Å². The van der Waals surface area contributed by atoms with Crippen LogP contribution in [-0.2, 0) is 19.5 Å². The smallest absolute Gasteiger partial charge is 0.191 e. The molecule has 26 heavy (non-hydrogen) atoms. The predicted octanol–water partition coefficient (Wildman–Crippen LogP) is 3.69. The number of nitrogens with one attached hydrogen (secondary N) is 2. The third kappa shape index (κ3) is 5.33. The molecular formula is C20H26FIN4. The van der Waals surface area contributed by atoms with Gasteiger partial charge in [-0.05, 0) is 47.7 Å². The zero-order valence-corrected chi connectivity index (χ0v) is 17.6. The fraction of sp³-hybridized carbons (Fsp3) is 0.350. The number of fused-ring (bicyclic) bond motifs is 1. The molecule has 140 valence electrons. The first-order chi connectivity index (χ1) is 12.2. The summed E-state index contributed by atoms with van der Waals surface area (Å²) in [7, 11) is 3.90. The van der Waals surface area contributed by atoms with Crippen molar-refractivity contribution < 1.29 is 4.39 Å². The number of benzene rings is 2. The maximum atomic E-state index is 12.9. The molecule has 6 heteroatoms. The van der Waals surface area contributed by atoms with Crippen LogP contribution in [0.5, 0.6) is 0 Å². The van der Waals surface area contributed by atoms with Crippen LogP contribution in [0.25, 0.3) is 0 Å². The fourth-order valence-corrected chi connectivity index (χ4v) is 3.14. The Balaban J connectivity index is 0.00000243. The predicted molar refractivity (Wildman–Crippen MR) is 117 cm³/mol. The molecule has 0 saturated carbocycles. The topological polar surface area (TPSA) is 39.7 Å². The zero-order valence-electron chi connectivity index (χ0n) is 15.3. The molecule has 0 aliphatic carbocycles. The number of guanidine groups is 1. The second-order valence-corrected chi connectivity index (χ2v) is 6.39. The van der Waals surface area contributed by atoms with Crippen LogP contribution in [0.4, 0.5) is 10.1 Å². The van der Waals surface area contributed by atoms with E-state index in [0.717, 1.165) is 31.0 Å². The van der Waals surface area contributed by atoms with Crippen molar-refractivity contribution in [3.8, 4) is 0 Å². The van der Waals surface area contributed by atoms with E-state index in [9.17, 15) is 4.39 Å². The average molecular weight is 468 g/mol. The summed E-state index contributed by atoms with van der Waals surface area (Å²) in [4.78, 5) is 6.57. The van der Waals surface area contributed by atoms with Crippen LogP contribution >= 0.6 is 24.0 Å². The van der Waals surface area contributed by atoms with Crippen LogP contribution in [0.15, 0.2) is 47.5 Å². The van der Waals surface area contributed by atoms with Crippen molar-refractivity contribution >= 4 is 35.6 Å². The van der Waals surface area contributed by atoms with Crippen molar-refractivity contribution in [3.05, 3.63) is 65.0 Å². The molecular weight excluding hydrogens is 442 g/mol. The van der Waals surface area contributed by atoms with Gasteiger partial charge in [0.25, 0.3) is 0 Å². The van der Waals surface area contributed by atoms with E-state index in [4.69, 9.17) is 0 Å². The summed E-state index contributed by atoms with van der Waals surface area (Å²) in [6, 6.07) is 13.1. The van der Waals surface area contributed by atoms with Gasteiger partial charge in [0.15, 0.2) is 5.96 Å². The monoisotopic (exact) mass is 468 g/mol. The summed E-state index contributed by atoms with van der Waals surface area (Å²) in [5.74, 6) is 0.517. The van der Waals surface area contributed by atoms with Crippen molar-refractivity contribution in [2.24, 2.45) is 4.99 Å². The molecule has 2 N–H and O–H groups in total. The lowest BCUT2D eigenvalue weighted by atomic mass is 9.99. The number of halogens is 2.